The molecule has 2 atom stereocenters. The van der Waals surface area contributed by atoms with E-state index in [4.69, 9.17) is 5.73 Å². The molecule has 0 bridgehead atoms. The molecular weight excluding hydrogens is 430 g/mol. The number of hydrogen-bond acceptors (Lipinski definition) is 6. The van der Waals surface area contributed by atoms with Gasteiger partial charge in [-0.25, -0.2) is 14.7 Å². The lowest BCUT2D eigenvalue weighted by Crippen LogP contribution is -2.49. The number of rotatable bonds is 7. The van der Waals surface area contributed by atoms with Crippen molar-refractivity contribution in [2.45, 2.75) is 18.5 Å². The first-order chi connectivity index (χ1) is 15.4. The van der Waals surface area contributed by atoms with E-state index in [-0.39, 0.29) is 17.2 Å². The van der Waals surface area contributed by atoms with Gasteiger partial charge in [-0.2, -0.15) is 0 Å². The number of nitrogens with zero attached hydrogens (tertiary/aromatic N) is 2. The first kappa shape index (κ1) is 21.2. The Hall–Kier alpha value is -4.05. The molecule has 1 unspecified atom stereocenters. The molecule has 4 rings (SSSR count). The Bertz CT molecular complexity index is 1170. The number of thiazole rings is 1. The number of aromatic nitrogens is 1. The van der Waals surface area contributed by atoms with Crippen molar-refractivity contribution in [3.05, 3.63) is 82.9 Å². The van der Waals surface area contributed by atoms with Gasteiger partial charge in [-0.05, 0) is 11.1 Å². The van der Waals surface area contributed by atoms with Gasteiger partial charge < -0.3 is 16.4 Å². The fourth-order valence-electron chi connectivity index (χ4n) is 3.43. The number of amides is 5. The Morgan fingerprint density at radius 1 is 1.09 bits per heavy atom. The van der Waals surface area contributed by atoms with Crippen LogP contribution < -0.4 is 16.4 Å². The van der Waals surface area contributed by atoms with Crippen molar-refractivity contribution in [2.75, 3.05) is 5.32 Å². The van der Waals surface area contributed by atoms with Crippen LogP contribution in [0.5, 0.6) is 0 Å². The van der Waals surface area contributed by atoms with Gasteiger partial charge in [0.15, 0.2) is 5.13 Å². The molecule has 0 spiro atoms. The van der Waals surface area contributed by atoms with Crippen LogP contribution in [0.4, 0.5) is 9.93 Å². The first-order valence-electron chi connectivity index (χ1n) is 9.72. The number of primary amides is 1. The molecule has 1 aliphatic heterocycles. The molecule has 4 N–H and O–H groups in total. The summed E-state index contributed by atoms with van der Waals surface area (Å²) in [5, 5.41) is 6.82. The van der Waals surface area contributed by atoms with Gasteiger partial charge in [-0.3, -0.25) is 14.4 Å². The number of carbonyl (C=O) groups is 4. The lowest BCUT2D eigenvalue weighted by Gasteiger charge is -2.24. The third-order valence-corrected chi connectivity index (χ3v) is 5.73. The second-order valence-electron chi connectivity index (χ2n) is 7.10. The van der Waals surface area contributed by atoms with Gasteiger partial charge in [0.2, 0.25) is 5.91 Å². The first-order valence-corrected chi connectivity index (χ1v) is 10.6. The van der Waals surface area contributed by atoms with Crippen molar-refractivity contribution < 1.29 is 19.2 Å². The second-order valence-corrected chi connectivity index (χ2v) is 7.96. The van der Waals surface area contributed by atoms with Crippen LogP contribution in [0.3, 0.4) is 0 Å². The number of urea groups is 1. The molecule has 5 amide bonds. The molecule has 0 radical (unpaired) electrons. The highest BCUT2D eigenvalue weighted by atomic mass is 32.1. The number of nitrogens with one attached hydrogen (secondary N) is 2. The molecule has 0 saturated carbocycles. The minimum Gasteiger partial charge on any atom is -0.364 e. The smallest absolute Gasteiger partial charge is 0.325 e. The molecule has 3 aromatic rings. The third-order valence-electron chi connectivity index (χ3n) is 4.98. The van der Waals surface area contributed by atoms with Crippen molar-refractivity contribution >= 4 is 40.2 Å². The van der Waals surface area contributed by atoms with Gasteiger partial charge in [0.1, 0.15) is 17.8 Å². The maximum Gasteiger partial charge on any atom is 0.325 e. The van der Waals surface area contributed by atoms with Crippen LogP contribution in [0.1, 0.15) is 27.7 Å². The Labute approximate surface area is 187 Å². The van der Waals surface area contributed by atoms with Crippen LogP contribution in [-0.4, -0.2) is 39.7 Å². The van der Waals surface area contributed by atoms with E-state index < -0.39 is 35.8 Å². The summed E-state index contributed by atoms with van der Waals surface area (Å²) in [7, 11) is 0. The number of nitrogens with two attached hydrogens (primary N) is 1. The molecule has 2 aromatic carbocycles. The number of anilines is 1. The van der Waals surface area contributed by atoms with Crippen LogP contribution in [0.15, 0.2) is 66.0 Å². The van der Waals surface area contributed by atoms with Gasteiger partial charge >= 0.3 is 6.03 Å². The predicted molar refractivity (Wildman–Crippen MR) is 118 cm³/mol. The van der Waals surface area contributed by atoms with Crippen molar-refractivity contribution in [1.82, 2.24) is 15.2 Å². The average molecular weight is 449 g/mol. The molecule has 2 heterocycles. The van der Waals surface area contributed by atoms with Crippen LogP contribution in [-0.2, 0) is 16.0 Å². The number of benzene rings is 2. The molecule has 1 saturated heterocycles. The highest BCUT2D eigenvalue weighted by Gasteiger charge is 2.45. The topological polar surface area (TPSA) is 134 Å². The molecule has 1 aromatic heterocycles. The highest BCUT2D eigenvalue weighted by Crippen LogP contribution is 2.26. The maximum atomic E-state index is 13.2. The van der Waals surface area contributed by atoms with E-state index >= 15 is 0 Å². The predicted octanol–water partition coefficient (Wildman–Crippen LogP) is 2.08. The van der Waals surface area contributed by atoms with Gasteiger partial charge in [-0.1, -0.05) is 60.7 Å². The summed E-state index contributed by atoms with van der Waals surface area (Å²) >= 11 is 1.02. The van der Waals surface area contributed by atoms with Gasteiger partial charge in [0.25, 0.3) is 11.8 Å². The number of imide groups is 1. The van der Waals surface area contributed by atoms with E-state index in [1.165, 1.54) is 5.38 Å². The average Bonchev–Trinajstić information content (AvgIpc) is 3.38. The van der Waals surface area contributed by atoms with Gasteiger partial charge in [0.05, 0.1) is 0 Å². The number of hydrogen-bond donors (Lipinski definition) is 3. The van der Waals surface area contributed by atoms with Crippen molar-refractivity contribution in [3.8, 4) is 0 Å². The van der Waals surface area contributed by atoms with E-state index in [9.17, 15) is 19.2 Å². The standard InChI is InChI=1S/C22H19N5O4S/c23-18(28)15-12-32-21(24-15)26-19(29)16(11-13-7-3-1-4-8-13)27-20(30)17(25-22(27)31)14-9-5-2-6-10-14/h1-10,12,16-17H,11H2,(H2,23,28)(H,25,31)(H,24,26,29)/t16-,17?/m0/s1. The number of carbonyl (C=O) groups excluding carboxylic acids is 4. The van der Waals surface area contributed by atoms with E-state index in [2.05, 4.69) is 15.6 Å². The monoisotopic (exact) mass is 449 g/mol. The zero-order valence-electron chi connectivity index (χ0n) is 16.7. The summed E-state index contributed by atoms with van der Waals surface area (Å²) in [6.45, 7) is 0. The third kappa shape index (κ3) is 4.35. The normalized spacial score (nSPS) is 16.5. The molecule has 1 aliphatic rings. The molecule has 1 fully saturated rings. The van der Waals surface area contributed by atoms with Crippen molar-refractivity contribution in [3.63, 3.8) is 0 Å². The van der Waals surface area contributed by atoms with Gasteiger partial charge in [-0.15, -0.1) is 11.3 Å². The zero-order valence-corrected chi connectivity index (χ0v) is 17.5. The van der Waals surface area contributed by atoms with Gasteiger partial charge in [0, 0.05) is 11.8 Å². The summed E-state index contributed by atoms with van der Waals surface area (Å²) < 4.78 is 0. The molecule has 32 heavy (non-hydrogen) atoms. The van der Waals surface area contributed by atoms with E-state index in [1.807, 2.05) is 36.4 Å². The molecule has 10 heteroatoms. The molecule has 0 aliphatic carbocycles. The Balaban J connectivity index is 1.62. The summed E-state index contributed by atoms with van der Waals surface area (Å²) in [5.41, 5.74) is 6.63. The molecule has 162 valence electrons. The van der Waals surface area contributed by atoms with Crippen molar-refractivity contribution in [2.24, 2.45) is 5.73 Å². The largest absolute Gasteiger partial charge is 0.364 e. The SMILES string of the molecule is NC(=O)c1csc(NC(=O)[C@H](Cc2ccccc2)N2C(=O)NC(c3ccccc3)C2=O)n1. The van der Waals surface area contributed by atoms with Crippen molar-refractivity contribution in [1.29, 1.82) is 0 Å². The summed E-state index contributed by atoms with van der Waals surface area (Å²) in [6.07, 6.45) is 0.112. The molecular formula is C22H19N5O4S. The summed E-state index contributed by atoms with van der Waals surface area (Å²) in [5.74, 6) is -1.84. The van der Waals surface area contributed by atoms with E-state index in [1.54, 1.807) is 24.3 Å². The molecule has 9 nitrogen and oxygen atoms in total. The Morgan fingerprint density at radius 3 is 2.38 bits per heavy atom. The fourth-order valence-corrected chi connectivity index (χ4v) is 4.13. The Morgan fingerprint density at radius 2 is 1.75 bits per heavy atom. The minimum absolute atomic E-state index is 0.0176. The quantitative estimate of drug-likeness (QED) is 0.475. The highest BCUT2D eigenvalue weighted by molar-refractivity contribution is 7.14. The summed E-state index contributed by atoms with van der Waals surface area (Å²) in [6, 6.07) is 15.2. The maximum absolute atomic E-state index is 13.2. The fraction of sp³-hybridized carbons (Fsp3) is 0.136. The van der Waals surface area contributed by atoms with Crippen LogP contribution in [0, 0.1) is 0 Å². The van der Waals surface area contributed by atoms with Crippen LogP contribution in [0.25, 0.3) is 0 Å². The lowest BCUT2D eigenvalue weighted by atomic mass is 10.0. The Kier molecular flexibility index (Phi) is 5.95. The van der Waals surface area contributed by atoms with Crippen LogP contribution in [0.2, 0.25) is 0 Å². The minimum atomic E-state index is -1.13. The lowest BCUT2D eigenvalue weighted by molar-refractivity contribution is -0.134. The van der Waals surface area contributed by atoms with E-state index in [0.717, 1.165) is 21.8 Å². The van der Waals surface area contributed by atoms with Crippen LogP contribution >= 0.6 is 11.3 Å². The zero-order chi connectivity index (χ0) is 22.7. The second kappa shape index (κ2) is 8.98. The summed E-state index contributed by atoms with van der Waals surface area (Å²) in [4.78, 5) is 55.4. The van der Waals surface area contributed by atoms with E-state index in [0.29, 0.717) is 5.56 Å².